The molecule has 0 radical (unpaired) electrons. The van der Waals surface area contributed by atoms with Crippen molar-refractivity contribution in [3.8, 4) is 5.75 Å². The number of fused-ring (bicyclic) bond motifs is 3. The average Bonchev–Trinajstić information content (AvgIpc) is 2.93. The molecule has 1 aliphatic heterocycles. The predicted molar refractivity (Wildman–Crippen MR) is 99.0 cm³/mol. The number of hydrogen-bond donors (Lipinski definition) is 1. The summed E-state index contributed by atoms with van der Waals surface area (Å²) < 4.78 is 21.3. The largest absolute Gasteiger partial charge is 0.494 e. The fourth-order valence-electron chi connectivity index (χ4n) is 3.71. The molecular formula is C20H20ClFN2O. The highest BCUT2D eigenvalue weighted by Gasteiger charge is 2.19. The van der Waals surface area contributed by atoms with E-state index >= 15 is 0 Å². The van der Waals surface area contributed by atoms with Crippen LogP contribution in [0.25, 0.3) is 10.9 Å². The van der Waals surface area contributed by atoms with Crippen molar-refractivity contribution in [2.24, 2.45) is 0 Å². The van der Waals surface area contributed by atoms with Gasteiger partial charge in [0.25, 0.3) is 0 Å². The normalized spacial score (nSPS) is 13.9. The highest BCUT2D eigenvalue weighted by atomic mass is 35.5. The van der Waals surface area contributed by atoms with Gasteiger partial charge in [-0.05, 0) is 47.9 Å². The first-order valence-electron chi connectivity index (χ1n) is 8.50. The summed E-state index contributed by atoms with van der Waals surface area (Å²) in [5.74, 6) is -0.0244. The lowest BCUT2D eigenvalue weighted by Crippen LogP contribution is -2.24. The van der Waals surface area contributed by atoms with Crippen LogP contribution in [0.2, 0.25) is 5.02 Å². The van der Waals surface area contributed by atoms with Crippen molar-refractivity contribution in [3.05, 3.63) is 64.1 Å². The van der Waals surface area contributed by atoms with Gasteiger partial charge in [-0.2, -0.15) is 0 Å². The van der Waals surface area contributed by atoms with E-state index in [2.05, 4.69) is 16.0 Å². The molecule has 1 N–H and O–H groups in total. The van der Waals surface area contributed by atoms with Gasteiger partial charge in [-0.1, -0.05) is 17.7 Å². The Bertz CT molecular complexity index is 935. The van der Waals surface area contributed by atoms with Crippen molar-refractivity contribution >= 4 is 22.5 Å². The molecule has 1 aliphatic rings. The molecule has 0 spiro atoms. The van der Waals surface area contributed by atoms with Crippen molar-refractivity contribution in [1.29, 1.82) is 0 Å². The number of ether oxygens (including phenoxy) is 1. The Hall–Kier alpha value is -2.04. The van der Waals surface area contributed by atoms with Crippen LogP contribution in [0.1, 0.15) is 16.8 Å². The van der Waals surface area contributed by atoms with Crippen LogP contribution in [0.15, 0.2) is 36.4 Å². The zero-order valence-electron chi connectivity index (χ0n) is 14.1. The number of halogens is 2. The highest BCUT2D eigenvalue weighted by molar-refractivity contribution is 6.31. The molecule has 1 aromatic heterocycles. The topological polar surface area (TPSA) is 26.2 Å². The number of methoxy groups -OCH3 is 1. The molecule has 5 heteroatoms. The van der Waals surface area contributed by atoms with Crippen LogP contribution in [0.3, 0.4) is 0 Å². The fraction of sp³-hybridized carbons (Fsp3) is 0.300. The van der Waals surface area contributed by atoms with E-state index in [4.69, 9.17) is 16.3 Å². The molecule has 130 valence electrons. The summed E-state index contributed by atoms with van der Waals surface area (Å²) in [4.78, 5) is 0. The molecule has 3 aromatic rings. The molecule has 2 heterocycles. The van der Waals surface area contributed by atoms with E-state index in [1.165, 1.54) is 29.3 Å². The molecule has 25 heavy (non-hydrogen) atoms. The van der Waals surface area contributed by atoms with Crippen molar-refractivity contribution in [3.63, 3.8) is 0 Å². The summed E-state index contributed by atoms with van der Waals surface area (Å²) in [7, 11) is 1.48. The van der Waals surface area contributed by atoms with E-state index in [-0.39, 0.29) is 11.6 Å². The van der Waals surface area contributed by atoms with E-state index < -0.39 is 0 Å². The first-order valence-corrected chi connectivity index (χ1v) is 8.88. The van der Waals surface area contributed by atoms with Crippen LogP contribution in [0.4, 0.5) is 4.39 Å². The minimum absolute atomic E-state index is 0.285. The van der Waals surface area contributed by atoms with Crippen molar-refractivity contribution < 1.29 is 9.13 Å². The summed E-state index contributed by atoms with van der Waals surface area (Å²) in [6.45, 7) is 2.67. The van der Waals surface area contributed by atoms with Crippen LogP contribution in [-0.4, -0.2) is 18.2 Å². The van der Waals surface area contributed by atoms with E-state index in [9.17, 15) is 4.39 Å². The van der Waals surface area contributed by atoms with E-state index in [0.717, 1.165) is 43.1 Å². The molecule has 0 atom stereocenters. The van der Waals surface area contributed by atoms with E-state index in [1.54, 1.807) is 12.1 Å². The molecule has 4 rings (SSSR count). The quantitative estimate of drug-likeness (QED) is 0.751. The van der Waals surface area contributed by atoms with Gasteiger partial charge in [0.05, 0.1) is 7.11 Å². The summed E-state index contributed by atoms with van der Waals surface area (Å²) in [6, 6.07) is 11.3. The second-order valence-electron chi connectivity index (χ2n) is 6.38. The van der Waals surface area contributed by atoms with Crippen molar-refractivity contribution in [2.75, 3.05) is 13.7 Å². The average molecular weight is 359 g/mol. The number of nitrogens with one attached hydrogen (secondary N) is 1. The maximum Gasteiger partial charge on any atom is 0.165 e. The second-order valence-corrected chi connectivity index (χ2v) is 6.82. The van der Waals surface area contributed by atoms with Gasteiger partial charge in [-0.15, -0.1) is 0 Å². The van der Waals surface area contributed by atoms with Crippen LogP contribution in [0, 0.1) is 5.82 Å². The Balaban J connectivity index is 1.68. The maximum absolute atomic E-state index is 13.9. The Labute approximate surface area is 151 Å². The van der Waals surface area contributed by atoms with Crippen LogP contribution in [0.5, 0.6) is 5.75 Å². The standard InChI is InChI=1S/C20H20ClFN2O/c1-25-20-5-2-13(10-17(20)22)7-9-24-18-4-3-14(21)11-15(18)16-12-23-8-6-19(16)24/h2-5,10-11,23H,6-9,12H2,1H3. The third-order valence-corrected chi connectivity index (χ3v) is 5.16. The first-order chi connectivity index (χ1) is 12.2. The van der Waals surface area contributed by atoms with Gasteiger partial charge in [-0.25, -0.2) is 4.39 Å². The van der Waals surface area contributed by atoms with Gasteiger partial charge in [0.2, 0.25) is 0 Å². The van der Waals surface area contributed by atoms with Gasteiger partial charge < -0.3 is 14.6 Å². The predicted octanol–water partition coefficient (Wildman–Crippen LogP) is 4.33. The van der Waals surface area contributed by atoms with Crippen LogP contribution in [-0.2, 0) is 25.9 Å². The van der Waals surface area contributed by atoms with E-state index in [1.807, 2.05) is 18.2 Å². The third-order valence-electron chi connectivity index (χ3n) is 4.93. The number of aryl methyl sites for hydroxylation is 2. The second kappa shape index (κ2) is 6.70. The van der Waals surface area contributed by atoms with Gasteiger partial charge in [0, 0.05) is 47.7 Å². The van der Waals surface area contributed by atoms with E-state index in [0.29, 0.717) is 0 Å². The van der Waals surface area contributed by atoms with Gasteiger partial charge >= 0.3 is 0 Å². The zero-order chi connectivity index (χ0) is 17.4. The number of rotatable bonds is 4. The van der Waals surface area contributed by atoms with Crippen LogP contribution >= 0.6 is 11.6 Å². The number of nitrogens with zero attached hydrogens (tertiary/aromatic N) is 1. The minimum Gasteiger partial charge on any atom is -0.494 e. The monoisotopic (exact) mass is 358 g/mol. The maximum atomic E-state index is 13.9. The molecule has 0 aliphatic carbocycles. The van der Waals surface area contributed by atoms with Crippen LogP contribution < -0.4 is 10.1 Å². The lowest BCUT2D eigenvalue weighted by Gasteiger charge is -2.17. The molecule has 0 bridgehead atoms. The minimum atomic E-state index is -0.310. The molecule has 3 nitrogen and oxygen atoms in total. The first kappa shape index (κ1) is 16.4. The summed E-state index contributed by atoms with van der Waals surface area (Å²) in [5.41, 5.74) is 4.87. The fourth-order valence-corrected chi connectivity index (χ4v) is 3.89. The summed E-state index contributed by atoms with van der Waals surface area (Å²) in [5, 5.41) is 5.42. The Morgan fingerprint density at radius 3 is 2.92 bits per heavy atom. The zero-order valence-corrected chi connectivity index (χ0v) is 14.9. The van der Waals surface area contributed by atoms with Gasteiger partial charge in [-0.3, -0.25) is 0 Å². The van der Waals surface area contributed by atoms with Crippen molar-refractivity contribution in [1.82, 2.24) is 9.88 Å². The Morgan fingerprint density at radius 1 is 1.24 bits per heavy atom. The SMILES string of the molecule is COc1ccc(CCn2c3c(c4cc(Cl)ccc42)CNCC3)cc1F. The lowest BCUT2D eigenvalue weighted by molar-refractivity contribution is 0.386. The Kier molecular flexibility index (Phi) is 4.40. The highest BCUT2D eigenvalue weighted by Crippen LogP contribution is 2.31. The summed E-state index contributed by atoms with van der Waals surface area (Å²) >= 11 is 6.21. The Morgan fingerprint density at radius 2 is 2.12 bits per heavy atom. The molecule has 0 unspecified atom stereocenters. The van der Waals surface area contributed by atoms with Gasteiger partial charge in [0.1, 0.15) is 0 Å². The molecule has 0 saturated carbocycles. The molecular weight excluding hydrogens is 339 g/mol. The summed E-state index contributed by atoms with van der Waals surface area (Å²) in [6.07, 6.45) is 1.77. The van der Waals surface area contributed by atoms with Crippen molar-refractivity contribution in [2.45, 2.75) is 25.9 Å². The molecule has 0 amide bonds. The molecule has 0 fully saturated rings. The third kappa shape index (κ3) is 3.00. The number of benzene rings is 2. The number of aromatic nitrogens is 1. The lowest BCUT2D eigenvalue weighted by atomic mass is 10.1. The van der Waals surface area contributed by atoms with Gasteiger partial charge in [0.15, 0.2) is 11.6 Å². The molecule has 0 saturated heterocycles. The number of hydrogen-bond acceptors (Lipinski definition) is 2. The smallest absolute Gasteiger partial charge is 0.165 e. The molecule has 2 aromatic carbocycles.